The number of carbonyl (C=O) groups is 1. The summed E-state index contributed by atoms with van der Waals surface area (Å²) in [7, 11) is 0. The highest BCUT2D eigenvalue weighted by atomic mass is 35.5. The van der Waals surface area contributed by atoms with Gasteiger partial charge in [0.05, 0.1) is 5.92 Å². The van der Waals surface area contributed by atoms with Crippen molar-refractivity contribution in [1.29, 1.82) is 0 Å². The van der Waals surface area contributed by atoms with E-state index in [4.69, 9.17) is 28.3 Å². The van der Waals surface area contributed by atoms with Crippen LogP contribution >= 0.6 is 23.2 Å². The molecule has 130 valence electrons. The molecule has 0 aromatic carbocycles. The van der Waals surface area contributed by atoms with Crippen molar-refractivity contribution < 1.29 is 18.7 Å². The fourth-order valence-electron chi connectivity index (χ4n) is 3.59. The van der Waals surface area contributed by atoms with Crippen LogP contribution in [0.4, 0.5) is 8.78 Å². The van der Waals surface area contributed by atoms with Gasteiger partial charge in [0, 0.05) is 5.41 Å². The standard InChI is InChI=1S/C16H26Cl2F2O2/c1-4-7-15(3)12(19)6-5-11(13(15)20)9-16(17,18)8-10(2)14(21)22/h10-13H,4-9H2,1-3H3,(H,21,22)/t10?,11?,12-,13?,15?/m1/s1. The number of carboxylic acids is 1. The van der Waals surface area contributed by atoms with Crippen LogP contribution in [-0.4, -0.2) is 27.8 Å². The second-order valence-corrected chi connectivity index (χ2v) is 8.61. The Labute approximate surface area is 141 Å². The second kappa shape index (κ2) is 7.65. The molecule has 1 N–H and O–H groups in total. The van der Waals surface area contributed by atoms with Gasteiger partial charge in [0.25, 0.3) is 0 Å². The summed E-state index contributed by atoms with van der Waals surface area (Å²) in [6.07, 6.45) is -0.365. The average molecular weight is 359 g/mol. The third-order valence-corrected chi connectivity index (χ3v) is 5.54. The van der Waals surface area contributed by atoms with Gasteiger partial charge < -0.3 is 5.11 Å². The highest BCUT2D eigenvalue weighted by Crippen LogP contribution is 2.50. The number of halogens is 4. The molecule has 0 bridgehead atoms. The fourth-order valence-corrected chi connectivity index (χ4v) is 4.45. The summed E-state index contributed by atoms with van der Waals surface area (Å²) in [5.74, 6) is -2.11. The molecule has 0 aliphatic heterocycles. The fraction of sp³-hybridized carbons (Fsp3) is 0.938. The van der Waals surface area contributed by atoms with Crippen molar-refractivity contribution in [2.75, 3.05) is 0 Å². The van der Waals surface area contributed by atoms with Gasteiger partial charge >= 0.3 is 5.97 Å². The lowest BCUT2D eigenvalue weighted by atomic mass is 9.64. The van der Waals surface area contributed by atoms with E-state index >= 15 is 0 Å². The van der Waals surface area contributed by atoms with Crippen molar-refractivity contribution in [1.82, 2.24) is 0 Å². The van der Waals surface area contributed by atoms with E-state index in [1.165, 1.54) is 6.92 Å². The Kier molecular flexibility index (Phi) is 6.94. The maximum absolute atomic E-state index is 14.9. The Hall–Kier alpha value is -0.0900. The predicted molar refractivity (Wildman–Crippen MR) is 86.0 cm³/mol. The topological polar surface area (TPSA) is 37.3 Å². The molecule has 5 atom stereocenters. The minimum atomic E-state index is -1.31. The lowest BCUT2D eigenvalue weighted by Crippen LogP contribution is -2.48. The quantitative estimate of drug-likeness (QED) is 0.605. The first-order valence-electron chi connectivity index (χ1n) is 7.92. The van der Waals surface area contributed by atoms with Crippen LogP contribution in [0.5, 0.6) is 0 Å². The molecule has 0 spiro atoms. The summed E-state index contributed by atoms with van der Waals surface area (Å²) in [6.45, 7) is 5.09. The van der Waals surface area contributed by atoms with Crippen molar-refractivity contribution in [3.8, 4) is 0 Å². The monoisotopic (exact) mass is 358 g/mol. The van der Waals surface area contributed by atoms with Crippen LogP contribution in [0.2, 0.25) is 0 Å². The van der Waals surface area contributed by atoms with E-state index in [0.29, 0.717) is 25.7 Å². The smallest absolute Gasteiger partial charge is 0.306 e. The molecule has 1 rings (SSSR count). The molecule has 22 heavy (non-hydrogen) atoms. The zero-order chi connectivity index (χ0) is 17.1. The summed E-state index contributed by atoms with van der Waals surface area (Å²) < 4.78 is 27.8. The zero-order valence-electron chi connectivity index (χ0n) is 13.4. The van der Waals surface area contributed by atoms with Crippen molar-refractivity contribution in [3.63, 3.8) is 0 Å². The van der Waals surface area contributed by atoms with Crippen LogP contribution in [0.25, 0.3) is 0 Å². The predicted octanol–water partition coefficient (Wildman–Crippen LogP) is 5.55. The summed E-state index contributed by atoms with van der Waals surface area (Å²) in [6, 6.07) is 0. The average Bonchev–Trinajstić information content (AvgIpc) is 2.40. The maximum Gasteiger partial charge on any atom is 0.306 e. The summed E-state index contributed by atoms with van der Waals surface area (Å²) in [5, 5.41) is 8.95. The van der Waals surface area contributed by atoms with Crippen LogP contribution in [-0.2, 0) is 4.79 Å². The zero-order valence-corrected chi connectivity index (χ0v) is 14.9. The van der Waals surface area contributed by atoms with E-state index in [0.717, 1.165) is 0 Å². The summed E-state index contributed by atoms with van der Waals surface area (Å²) >= 11 is 12.4. The highest BCUT2D eigenvalue weighted by molar-refractivity contribution is 6.48. The van der Waals surface area contributed by atoms with Crippen molar-refractivity contribution in [3.05, 3.63) is 0 Å². The van der Waals surface area contributed by atoms with Crippen LogP contribution in [0.3, 0.4) is 0 Å². The number of rotatable bonds is 7. The molecular formula is C16H26Cl2F2O2. The first kappa shape index (κ1) is 20.0. The number of hydrogen-bond acceptors (Lipinski definition) is 1. The third-order valence-electron chi connectivity index (χ3n) is 4.93. The highest BCUT2D eigenvalue weighted by Gasteiger charge is 2.50. The van der Waals surface area contributed by atoms with Crippen LogP contribution in [0.15, 0.2) is 0 Å². The molecule has 0 amide bonds. The first-order valence-corrected chi connectivity index (χ1v) is 8.68. The van der Waals surface area contributed by atoms with E-state index in [1.54, 1.807) is 6.92 Å². The van der Waals surface area contributed by atoms with Crippen LogP contribution < -0.4 is 0 Å². The lowest BCUT2D eigenvalue weighted by molar-refractivity contribution is -0.141. The molecule has 1 fully saturated rings. The number of aliphatic carboxylic acids is 1. The van der Waals surface area contributed by atoms with E-state index in [1.807, 2.05) is 6.92 Å². The minimum Gasteiger partial charge on any atom is -0.481 e. The molecule has 1 aliphatic rings. The lowest BCUT2D eigenvalue weighted by Gasteiger charge is -2.45. The van der Waals surface area contributed by atoms with E-state index in [-0.39, 0.29) is 12.8 Å². The van der Waals surface area contributed by atoms with Crippen LogP contribution in [0.1, 0.15) is 59.3 Å². The van der Waals surface area contributed by atoms with E-state index in [9.17, 15) is 13.6 Å². The SMILES string of the molecule is CCCC1(C)C(F)C(CC(Cl)(Cl)CC(C)C(=O)O)CC[C@H]1F. The molecule has 1 aliphatic carbocycles. The Morgan fingerprint density at radius 3 is 2.50 bits per heavy atom. The molecule has 2 nitrogen and oxygen atoms in total. The molecule has 1 saturated carbocycles. The van der Waals surface area contributed by atoms with Gasteiger partial charge in [0.1, 0.15) is 16.7 Å². The largest absolute Gasteiger partial charge is 0.481 e. The first-order chi connectivity index (χ1) is 10.0. The van der Waals surface area contributed by atoms with Gasteiger partial charge in [-0.3, -0.25) is 4.79 Å². The van der Waals surface area contributed by atoms with Gasteiger partial charge in [0.2, 0.25) is 0 Å². The van der Waals surface area contributed by atoms with Gasteiger partial charge in [-0.25, -0.2) is 8.78 Å². The molecule has 6 heteroatoms. The summed E-state index contributed by atoms with van der Waals surface area (Å²) in [5.41, 5.74) is -1.00. The molecule has 4 unspecified atom stereocenters. The van der Waals surface area contributed by atoms with Gasteiger partial charge in [-0.2, -0.15) is 0 Å². The molecule has 0 aromatic heterocycles. The Morgan fingerprint density at radius 2 is 2.00 bits per heavy atom. The van der Waals surface area contributed by atoms with E-state index < -0.39 is 39.9 Å². The van der Waals surface area contributed by atoms with Gasteiger partial charge in [0.15, 0.2) is 0 Å². The molecule has 0 saturated heterocycles. The van der Waals surface area contributed by atoms with Crippen molar-refractivity contribution in [2.24, 2.45) is 17.3 Å². The van der Waals surface area contributed by atoms with Crippen LogP contribution in [0, 0.1) is 17.3 Å². The van der Waals surface area contributed by atoms with Gasteiger partial charge in [-0.1, -0.05) is 27.2 Å². The van der Waals surface area contributed by atoms with E-state index in [2.05, 4.69) is 0 Å². The number of carboxylic acid groups (broad SMARTS) is 1. The number of hydrogen-bond donors (Lipinski definition) is 1. The minimum absolute atomic E-state index is 0.0538. The number of alkyl halides is 4. The Bertz CT molecular complexity index is 392. The normalized spacial score (nSPS) is 34.4. The maximum atomic E-state index is 14.9. The molecule has 0 radical (unpaired) electrons. The second-order valence-electron chi connectivity index (χ2n) is 6.97. The molecule has 0 aromatic rings. The Balaban J connectivity index is 2.78. The van der Waals surface area contributed by atoms with Gasteiger partial charge in [-0.05, 0) is 38.0 Å². The van der Waals surface area contributed by atoms with Crippen molar-refractivity contribution in [2.45, 2.75) is 76.0 Å². The Morgan fingerprint density at radius 1 is 1.41 bits per heavy atom. The summed E-state index contributed by atoms with van der Waals surface area (Å²) in [4.78, 5) is 10.9. The van der Waals surface area contributed by atoms with Crippen molar-refractivity contribution >= 4 is 29.2 Å². The molecule has 0 heterocycles. The third kappa shape index (κ3) is 4.70. The van der Waals surface area contributed by atoms with Gasteiger partial charge in [-0.15, -0.1) is 23.2 Å². The molecular weight excluding hydrogens is 333 g/mol.